The van der Waals surface area contributed by atoms with E-state index >= 15 is 0 Å². The lowest BCUT2D eigenvalue weighted by Gasteiger charge is -2.14. The molecule has 0 fully saturated rings. The van der Waals surface area contributed by atoms with Crippen LogP contribution in [0.15, 0.2) is 24.3 Å². The van der Waals surface area contributed by atoms with Crippen molar-refractivity contribution >= 4 is 11.6 Å². The summed E-state index contributed by atoms with van der Waals surface area (Å²) in [6, 6.07) is 7.80. The standard InChI is InChI=1S/C15H19ClO2/c1-13(9-11-17-2)18-15-8-5-7-14(12-15)6-3-4-10-16/h5,7-8,12-13H,4,9-11H2,1-2H3. The minimum Gasteiger partial charge on any atom is -0.491 e. The normalized spacial score (nSPS) is 11.5. The second-order valence-corrected chi connectivity index (χ2v) is 4.36. The highest BCUT2D eigenvalue weighted by Crippen LogP contribution is 2.15. The van der Waals surface area contributed by atoms with Crippen molar-refractivity contribution in [3.05, 3.63) is 29.8 Å². The summed E-state index contributed by atoms with van der Waals surface area (Å²) < 4.78 is 10.8. The molecule has 0 heterocycles. The molecule has 1 rings (SSSR count). The predicted octanol–water partition coefficient (Wildman–Crippen LogP) is 3.47. The maximum atomic E-state index is 5.79. The van der Waals surface area contributed by atoms with Crippen LogP contribution in [-0.4, -0.2) is 25.7 Å². The van der Waals surface area contributed by atoms with Crippen LogP contribution in [0.4, 0.5) is 0 Å². The Morgan fingerprint density at radius 2 is 2.22 bits per heavy atom. The topological polar surface area (TPSA) is 18.5 Å². The molecule has 0 spiro atoms. The van der Waals surface area contributed by atoms with Crippen LogP contribution in [0.1, 0.15) is 25.3 Å². The number of halogens is 1. The third-order valence-corrected chi connectivity index (χ3v) is 2.54. The molecule has 0 saturated carbocycles. The van der Waals surface area contributed by atoms with Gasteiger partial charge in [0.2, 0.25) is 0 Å². The van der Waals surface area contributed by atoms with Gasteiger partial charge in [0.25, 0.3) is 0 Å². The van der Waals surface area contributed by atoms with Gasteiger partial charge in [-0.3, -0.25) is 0 Å². The fourth-order valence-electron chi connectivity index (χ4n) is 1.43. The molecule has 0 amide bonds. The Bertz CT molecular complexity index is 406. The van der Waals surface area contributed by atoms with Gasteiger partial charge < -0.3 is 9.47 Å². The number of benzene rings is 1. The molecule has 1 aromatic carbocycles. The molecule has 0 radical (unpaired) electrons. The maximum absolute atomic E-state index is 5.79. The second kappa shape index (κ2) is 8.85. The van der Waals surface area contributed by atoms with Gasteiger partial charge in [0.15, 0.2) is 0 Å². The van der Waals surface area contributed by atoms with Gasteiger partial charge in [0.05, 0.1) is 6.10 Å². The molecule has 1 unspecified atom stereocenters. The summed E-state index contributed by atoms with van der Waals surface area (Å²) >= 11 is 5.58. The fraction of sp³-hybridized carbons (Fsp3) is 0.467. The smallest absolute Gasteiger partial charge is 0.120 e. The van der Waals surface area contributed by atoms with E-state index in [2.05, 4.69) is 11.8 Å². The van der Waals surface area contributed by atoms with Crippen LogP contribution in [0, 0.1) is 11.8 Å². The zero-order valence-corrected chi connectivity index (χ0v) is 11.7. The predicted molar refractivity (Wildman–Crippen MR) is 75.2 cm³/mol. The van der Waals surface area contributed by atoms with Gasteiger partial charge >= 0.3 is 0 Å². The molecule has 0 aliphatic carbocycles. The van der Waals surface area contributed by atoms with E-state index in [0.717, 1.165) is 17.7 Å². The van der Waals surface area contributed by atoms with E-state index < -0.39 is 0 Å². The number of methoxy groups -OCH3 is 1. The molecular formula is C15H19ClO2. The van der Waals surface area contributed by atoms with Crippen molar-refractivity contribution in [3.8, 4) is 17.6 Å². The van der Waals surface area contributed by atoms with E-state index in [-0.39, 0.29) is 6.10 Å². The molecule has 0 aromatic heterocycles. The van der Waals surface area contributed by atoms with Crippen molar-refractivity contribution in [1.29, 1.82) is 0 Å². The van der Waals surface area contributed by atoms with E-state index in [9.17, 15) is 0 Å². The largest absolute Gasteiger partial charge is 0.491 e. The molecule has 3 heteroatoms. The van der Waals surface area contributed by atoms with Gasteiger partial charge in [0.1, 0.15) is 5.75 Å². The van der Waals surface area contributed by atoms with Crippen molar-refractivity contribution in [2.24, 2.45) is 0 Å². The molecule has 0 saturated heterocycles. The lowest BCUT2D eigenvalue weighted by atomic mass is 10.2. The number of ether oxygens (including phenoxy) is 2. The van der Waals surface area contributed by atoms with Gasteiger partial charge in [0, 0.05) is 38.0 Å². The molecule has 18 heavy (non-hydrogen) atoms. The lowest BCUT2D eigenvalue weighted by Crippen LogP contribution is -2.14. The van der Waals surface area contributed by atoms with Crippen LogP contribution in [0.5, 0.6) is 5.75 Å². The highest BCUT2D eigenvalue weighted by atomic mass is 35.5. The van der Waals surface area contributed by atoms with E-state index in [4.69, 9.17) is 21.1 Å². The first-order valence-corrected chi connectivity index (χ1v) is 6.60. The van der Waals surface area contributed by atoms with E-state index in [1.807, 2.05) is 31.2 Å². The van der Waals surface area contributed by atoms with Gasteiger partial charge in [-0.2, -0.15) is 0 Å². The number of rotatable bonds is 6. The Morgan fingerprint density at radius 1 is 1.39 bits per heavy atom. The van der Waals surface area contributed by atoms with Crippen LogP contribution in [-0.2, 0) is 4.74 Å². The minimum atomic E-state index is 0.135. The molecule has 98 valence electrons. The van der Waals surface area contributed by atoms with Gasteiger partial charge in [-0.05, 0) is 25.1 Å². The van der Waals surface area contributed by atoms with E-state index in [1.165, 1.54) is 0 Å². The Hall–Kier alpha value is -1.17. The van der Waals surface area contributed by atoms with Crippen molar-refractivity contribution in [2.75, 3.05) is 19.6 Å². The van der Waals surface area contributed by atoms with Crippen LogP contribution >= 0.6 is 11.6 Å². The first kappa shape index (κ1) is 14.9. The van der Waals surface area contributed by atoms with Crippen LogP contribution in [0.25, 0.3) is 0 Å². The molecular weight excluding hydrogens is 248 g/mol. The first-order valence-electron chi connectivity index (χ1n) is 6.06. The van der Waals surface area contributed by atoms with Crippen molar-refractivity contribution in [1.82, 2.24) is 0 Å². The summed E-state index contributed by atoms with van der Waals surface area (Å²) in [5.41, 5.74) is 0.955. The zero-order chi connectivity index (χ0) is 13.2. The van der Waals surface area contributed by atoms with Crippen LogP contribution in [0.2, 0.25) is 0 Å². The molecule has 0 aliphatic heterocycles. The monoisotopic (exact) mass is 266 g/mol. The fourth-order valence-corrected chi connectivity index (χ4v) is 1.53. The molecule has 0 aliphatic rings. The summed E-state index contributed by atoms with van der Waals surface area (Å²) in [6.07, 6.45) is 1.71. The zero-order valence-electron chi connectivity index (χ0n) is 10.9. The molecule has 1 atom stereocenters. The van der Waals surface area contributed by atoms with Gasteiger partial charge in [-0.1, -0.05) is 17.9 Å². The molecule has 1 aromatic rings. The van der Waals surface area contributed by atoms with Gasteiger partial charge in [-0.25, -0.2) is 0 Å². The number of hydrogen-bond donors (Lipinski definition) is 0. The summed E-state index contributed by atoms with van der Waals surface area (Å²) in [5.74, 6) is 7.48. The molecule has 0 N–H and O–H groups in total. The summed E-state index contributed by atoms with van der Waals surface area (Å²) in [7, 11) is 1.69. The Morgan fingerprint density at radius 3 is 2.94 bits per heavy atom. The maximum Gasteiger partial charge on any atom is 0.120 e. The average Bonchev–Trinajstić information content (AvgIpc) is 2.37. The second-order valence-electron chi connectivity index (χ2n) is 3.98. The quantitative estimate of drug-likeness (QED) is 0.580. The third kappa shape index (κ3) is 5.95. The Labute approximate surface area is 114 Å². The Kier molecular flexibility index (Phi) is 7.32. The average molecular weight is 267 g/mol. The van der Waals surface area contributed by atoms with Crippen LogP contribution < -0.4 is 4.74 Å². The molecule has 0 bridgehead atoms. The Balaban J connectivity index is 2.57. The number of alkyl halides is 1. The molecule has 2 nitrogen and oxygen atoms in total. The summed E-state index contributed by atoms with van der Waals surface area (Å²) in [5, 5.41) is 0. The summed E-state index contributed by atoms with van der Waals surface area (Å²) in [4.78, 5) is 0. The van der Waals surface area contributed by atoms with Gasteiger partial charge in [-0.15, -0.1) is 11.6 Å². The number of hydrogen-bond acceptors (Lipinski definition) is 2. The minimum absolute atomic E-state index is 0.135. The van der Waals surface area contributed by atoms with E-state index in [0.29, 0.717) is 18.9 Å². The van der Waals surface area contributed by atoms with Crippen molar-refractivity contribution in [2.45, 2.75) is 25.9 Å². The summed E-state index contributed by atoms with van der Waals surface area (Å²) in [6.45, 7) is 2.74. The SMILES string of the molecule is COCCC(C)Oc1cccc(C#CCCCl)c1. The van der Waals surface area contributed by atoms with Crippen LogP contribution in [0.3, 0.4) is 0 Å². The van der Waals surface area contributed by atoms with Crippen molar-refractivity contribution < 1.29 is 9.47 Å². The highest BCUT2D eigenvalue weighted by Gasteiger charge is 2.03. The van der Waals surface area contributed by atoms with Crippen molar-refractivity contribution in [3.63, 3.8) is 0 Å². The van der Waals surface area contributed by atoms with E-state index in [1.54, 1.807) is 7.11 Å². The third-order valence-electron chi connectivity index (χ3n) is 2.35. The first-order chi connectivity index (χ1) is 8.76. The highest BCUT2D eigenvalue weighted by molar-refractivity contribution is 6.18. The lowest BCUT2D eigenvalue weighted by molar-refractivity contribution is 0.135.